The summed E-state index contributed by atoms with van der Waals surface area (Å²) in [4.78, 5) is 0. The molecule has 0 aliphatic carbocycles. The second kappa shape index (κ2) is 14.2. The summed E-state index contributed by atoms with van der Waals surface area (Å²) in [6, 6.07) is 37.8. The molecule has 6 aromatic rings. The van der Waals surface area contributed by atoms with Crippen molar-refractivity contribution in [2.24, 2.45) is 11.5 Å². The van der Waals surface area contributed by atoms with Crippen LogP contribution in [0.5, 0.6) is 0 Å². The number of hydrogen-bond donors (Lipinski definition) is 3. The van der Waals surface area contributed by atoms with Crippen LogP contribution in [0.3, 0.4) is 0 Å². The van der Waals surface area contributed by atoms with Crippen molar-refractivity contribution in [2.45, 2.75) is 20.3 Å². The van der Waals surface area contributed by atoms with Gasteiger partial charge in [-0.05, 0) is 127 Å². The first-order valence-electron chi connectivity index (χ1n) is 16.2. The Hall–Kier alpha value is -5.58. The summed E-state index contributed by atoms with van der Waals surface area (Å²) >= 11 is 0. The number of dihydropyridines is 1. The van der Waals surface area contributed by atoms with Gasteiger partial charge in [0, 0.05) is 28.4 Å². The number of fused-ring (bicyclic) bond motifs is 5. The van der Waals surface area contributed by atoms with E-state index in [0.29, 0.717) is 0 Å². The maximum atomic E-state index is 5.71. The zero-order chi connectivity index (χ0) is 32.8. The molecule has 0 saturated carbocycles. The van der Waals surface area contributed by atoms with Crippen LogP contribution < -0.4 is 16.8 Å². The summed E-state index contributed by atoms with van der Waals surface area (Å²) in [7, 11) is 1.50. The van der Waals surface area contributed by atoms with Gasteiger partial charge in [0.1, 0.15) is 0 Å². The van der Waals surface area contributed by atoms with Crippen LogP contribution in [0.15, 0.2) is 151 Å². The van der Waals surface area contributed by atoms with Crippen LogP contribution >= 0.6 is 0 Å². The summed E-state index contributed by atoms with van der Waals surface area (Å²) in [6.45, 7) is 5.16. The molecule has 5 aromatic carbocycles. The Kier molecular flexibility index (Phi) is 9.51. The molecule has 0 radical (unpaired) electrons. The van der Waals surface area contributed by atoms with Crippen molar-refractivity contribution in [3.63, 3.8) is 0 Å². The quantitative estimate of drug-likeness (QED) is 0.157. The van der Waals surface area contributed by atoms with E-state index in [9.17, 15) is 0 Å². The van der Waals surface area contributed by atoms with Gasteiger partial charge in [0.05, 0.1) is 11.0 Å². The molecule has 4 heteroatoms. The molecule has 0 spiro atoms. The highest BCUT2D eigenvalue weighted by Crippen LogP contribution is 2.39. The second-order valence-corrected chi connectivity index (χ2v) is 11.6. The zero-order valence-corrected chi connectivity index (χ0v) is 27.4. The molecule has 4 nitrogen and oxygen atoms in total. The first-order valence-corrected chi connectivity index (χ1v) is 16.2. The molecule has 7 rings (SSSR count). The van der Waals surface area contributed by atoms with Crippen molar-refractivity contribution in [1.29, 1.82) is 0 Å². The SMILES string of the molecule is C/C=C(\C=C/N)c1cccc(-c2ccc3c(ccc4c5ccc(/C(C)=C/CC6=CCNC=C6)cc5n(-c5ccccc5)c34)c2)c1.CN. The molecule has 1 aromatic heterocycles. The fourth-order valence-corrected chi connectivity index (χ4v) is 6.48. The van der Waals surface area contributed by atoms with Gasteiger partial charge in [0.2, 0.25) is 0 Å². The summed E-state index contributed by atoms with van der Waals surface area (Å²) in [5.41, 5.74) is 22.4. The lowest BCUT2D eigenvalue weighted by Crippen LogP contribution is -2.08. The lowest BCUT2D eigenvalue weighted by atomic mass is 9.96. The third kappa shape index (κ3) is 6.29. The van der Waals surface area contributed by atoms with Crippen molar-refractivity contribution < 1.29 is 0 Å². The lowest BCUT2D eigenvalue weighted by Gasteiger charge is -2.12. The molecule has 0 fully saturated rings. The third-order valence-electron chi connectivity index (χ3n) is 8.87. The first kappa shape index (κ1) is 31.4. The predicted molar refractivity (Wildman–Crippen MR) is 204 cm³/mol. The number of para-hydroxylation sites is 1. The maximum absolute atomic E-state index is 5.71. The van der Waals surface area contributed by atoms with Gasteiger partial charge in [-0.3, -0.25) is 0 Å². The summed E-state index contributed by atoms with van der Waals surface area (Å²) in [5, 5.41) is 8.23. The van der Waals surface area contributed by atoms with E-state index in [0.717, 1.165) is 29.8 Å². The Bertz CT molecular complexity index is 2210. The molecule has 0 amide bonds. The van der Waals surface area contributed by atoms with Crippen molar-refractivity contribution in [3.8, 4) is 16.8 Å². The molecule has 234 valence electrons. The average Bonchev–Trinajstić information content (AvgIpc) is 3.48. The van der Waals surface area contributed by atoms with Gasteiger partial charge in [0.15, 0.2) is 0 Å². The fourth-order valence-electron chi connectivity index (χ4n) is 6.48. The van der Waals surface area contributed by atoms with Gasteiger partial charge in [-0.25, -0.2) is 0 Å². The molecule has 0 bridgehead atoms. The van der Waals surface area contributed by atoms with E-state index in [2.05, 4.69) is 150 Å². The number of allylic oxidation sites excluding steroid dienone is 7. The standard InChI is InChI=1S/C42H37N3.CH5N/c1-3-31(20-23-43)33-8-7-9-34(26-33)35-15-17-38-36(27-35)16-19-40-39-18-14-32(29(2)12-13-30-21-24-44-25-22-30)28-41(39)45(42(38)40)37-10-5-4-6-11-37;1-2/h3-12,14-24,26-28,44H,13,25,43H2,1-2H3;2H2,1H3/b23-20-,29-12+,31-3+;. The van der Waals surface area contributed by atoms with Crippen molar-refractivity contribution in [3.05, 3.63) is 163 Å². The monoisotopic (exact) mass is 614 g/mol. The smallest absolute Gasteiger partial charge is 0.0619 e. The normalized spacial score (nSPS) is 13.6. The summed E-state index contributed by atoms with van der Waals surface area (Å²) < 4.78 is 2.44. The van der Waals surface area contributed by atoms with E-state index in [1.165, 1.54) is 67.5 Å². The van der Waals surface area contributed by atoms with Crippen LogP contribution in [0.1, 0.15) is 31.4 Å². The number of nitrogens with zero attached hydrogens (tertiary/aromatic N) is 1. The van der Waals surface area contributed by atoms with Crippen LogP contribution in [0, 0.1) is 0 Å². The molecule has 0 atom stereocenters. The highest BCUT2D eigenvalue weighted by molar-refractivity contribution is 6.19. The Labute approximate surface area is 277 Å². The van der Waals surface area contributed by atoms with Gasteiger partial charge >= 0.3 is 0 Å². The van der Waals surface area contributed by atoms with Gasteiger partial charge in [-0.2, -0.15) is 0 Å². The number of nitrogens with one attached hydrogen (secondary N) is 1. The molecular weight excluding hydrogens is 573 g/mol. The number of nitrogens with two attached hydrogens (primary N) is 2. The second-order valence-electron chi connectivity index (χ2n) is 11.6. The zero-order valence-electron chi connectivity index (χ0n) is 27.4. The maximum Gasteiger partial charge on any atom is 0.0619 e. The minimum absolute atomic E-state index is 0.896. The number of rotatable bonds is 7. The minimum atomic E-state index is 0.896. The van der Waals surface area contributed by atoms with Crippen LogP contribution in [0.25, 0.3) is 60.5 Å². The molecular formula is C43H42N4. The van der Waals surface area contributed by atoms with Crippen molar-refractivity contribution in [1.82, 2.24) is 9.88 Å². The minimum Gasteiger partial charge on any atom is -0.405 e. The van der Waals surface area contributed by atoms with Crippen LogP contribution in [0.4, 0.5) is 0 Å². The Balaban J connectivity index is 0.00000190. The molecule has 0 saturated heterocycles. The van der Waals surface area contributed by atoms with E-state index in [1.807, 2.05) is 19.2 Å². The number of benzene rings is 5. The number of aromatic nitrogens is 1. The van der Waals surface area contributed by atoms with Gasteiger partial charge in [-0.1, -0.05) is 91.0 Å². The Morgan fingerprint density at radius 2 is 1.60 bits per heavy atom. The van der Waals surface area contributed by atoms with Crippen LogP contribution in [0.2, 0.25) is 0 Å². The Morgan fingerprint density at radius 1 is 0.809 bits per heavy atom. The number of hydrogen-bond acceptors (Lipinski definition) is 3. The highest BCUT2D eigenvalue weighted by atomic mass is 15.0. The highest BCUT2D eigenvalue weighted by Gasteiger charge is 2.16. The van der Waals surface area contributed by atoms with Gasteiger partial charge in [-0.15, -0.1) is 0 Å². The van der Waals surface area contributed by atoms with E-state index >= 15 is 0 Å². The molecule has 47 heavy (non-hydrogen) atoms. The van der Waals surface area contributed by atoms with E-state index in [1.54, 1.807) is 6.20 Å². The third-order valence-corrected chi connectivity index (χ3v) is 8.87. The van der Waals surface area contributed by atoms with Crippen molar-refractivity contribution in [2.75, 3.05) is 13.6 Å². The van der Waals surface area contributed by atoms with Gasteiger partial charge < -0.3 is 21.4 Å². The van der Waals surface area contributed by atoms with Crippen molar-refractivity contribution >= 4 is 43.7 Å². The van der Waals surface area contributed by atoms with E-state index in [-0.39, 0.29) is 0 Å². The molecule has 1 aliphatic heterocycles. The largest absolute Gasteiger partial charge is 0.405 e. The predicted octanol–water partition coefficient (Wildman–Crippen LogP) is 9.89. The van der Waals surface area contributed by atoms with Crippen LogP contribution in [-0.2, 0) is 0 Å². The molecule has 5 N–H and O–H groups in total. The van der Waals surface area contributed by atoms with Gasteiger partial charge in [0.25, 0.3) is 0 Å². The van der Waals surface area contributed by atoms with E-state index < -0.39 is 0 Å². The molecule has 0 unspecified atom stereocenters. The first-order chi connectivity index (χ1) is 23.1. The summed E-state index contributed by atoms with van der Waals surface area (Å²) in [6.07, 6.45) is 15.4. The Morgan fingerprint density at radius 3 is 2.36 bits per heavy atom. The molecule has 2 heterocycles. The molecule has 1 aliphatic rings. The fraction of sp³-hybridized carbons (Fsp3) is 0.116. The summed E-state index contributed by atoms with van der Waals surface area (Å²) in [5.74, 6) is 0. The average molecular weight is 615 g/mol. The van der Waals surface area contributed by atoms with E-state index in [4.69, 9.17) is 5.73 Å². The topological polar surface area (TPSA) is 69.0 Å². The van der Waals surface area contributed by atoms with Crippen LogP contribution in [-0.4, -0.2) is 18.2 Å². The lowest BCUT2D eigenvalue weighted by molar-refractivity contribution is 0.949.